The van der Waals surface area contributed by atoms with Crippen LogP contribution in [0.15, 0.2) is 0 Å². The maximum atomic E-state index is 9.65. The molecule has 0 aliphatic carbocycles. The molecule has 2 fully saturated rings. The van der Waals surface area contributed by atoms with Crippen molar-refractivity contribution in [3.8, 4) is 0 Å². The van der Waals surface area contributed by atoms with Gasteiger partial charge in [0.25, 0.3) is 0 Å². The highest BCUT2D eigenvalue weighted by Crippen LogP contribution is 2.36. The van der Waals surface area contributed by atoms with Crippen LogP contribution in [0, 0.1) is 0 Å². The minimum atomic E-state index is -0.108. The fraction of sp³-hybridized carbons (Fsp3) is 1.00. The molecule has 3 heteroatoms. The van der Waals surface area contributed by atoms with E-state index in [4.69, 9.17) is 5.73 Å². The van der Waals surface area contributed by atoms with Gasteiger partial charge in [0, 0.05) is 24.2 Å². The summed E-state index contributed by atoms with van der Waals surface area (Å²) in [5, 5.41) is 9.65. The van der Waals surface area contributed by atoms with Crippen molar-refractivity contribution in [1.82, 2.24) is 4.90 Å². The summed E-state index contributed by atoms with van der Waals surface area (Å²) in [6.07, 6.45) is 4.33. The number of aliphatic hydroxyl groups excluding tert-OH is 1. The van der Waals surface area contributed by atoms with E-state index in [2.05, 4.69) is 18.7 Å². The SMILES string of the molecule is CC(C)(N)CN1C2CCC1CC(O)C2. The smallest absolute Gasteiger partial charge is 0.0570 e. The van der Waals surface area contributed by atoms with Gasteiger partial charge in [-0.25, -0.2) is 0 Å². The lowest BCUT2D eigenvalue weighted by Gasteiger charge is -2.40. The zero-order valence-electron chi connectivity index (χ0n) is 9.24. The van der Waals surface area contributed by atoms with E-state index in [-0.39, 0.29) is 11.6 Å². The van der Waals surface area contributed by atoms with Gasteiger partial charge in [0.15, 0.2) is 0 Å². The van der Waals surface area contributed by atoms with Crippen LogP contribution in [0.2, 0.25) is 0 Å². The number of hydrogen-bond acceptors (Lipinski definition) is 3. The predicted octanol–water partition coefficient (Wildman–Crippen LogP) is 0.711. The summed E-state index contributed by atoms with van der Waals surface area (Å²) in [6.45, 7) is 5.13. The van der Waals surface area contributed by atoms with E-state index in [1.54, 1.807) is 0 Å². The first-order chi connectivity index (χ1) is 6.46. The van der Waals surface area contributed by atoms with E-state index in [1.807, 2.05) is 0 Å². The average molecular weight is 198 g/mol. The number of piperidine rings is 1. The number of aliphatic hydroxyl groups is 1. The molecule has 2 rings (SSSR count). The molecule has 0 aromatic rings. The first-order valence-corrected chi connectivity index (χ1v) is 5.68. The van der Waals surface area contributed by atoms with Gasteiger partial charge < -0.3 is 10.8 Å². The van der Waals surface area contributed by atoms with Crippen LogP contribution in [-0.2, 0) is 0 Å². The summed E-state index contributed by atoms with van der Waals surface area (Å²) >= 11 is 0. The molecule has 14 heavy (non-hydrogen) atoms. The second-order valence-electron chi connectivity index (χ2n) is 5.67. The highest BCUT2D eigenvalue weighted by atomic mass is 16.3. The molecule has 0 amide bonds. The minimum absolute atomic E-state index is 0.0652. The third-order valence-electron chi connectivity index (χ3n) is 3.45. The summed E-state index contributed by atoms with van der Waals surface area (Å²) < 4.78 is 0. The van der Waals surface area contributed by atoms with Crippen molar-refractivity contribution in [1.29, 1.82) is 0 Å². The van der Waals surface area contributed by atoms with Crippen LogP contribution in [0.1, 0.15) is 39.5 Å². The van der Waals surface area contributed by atoms with Crippen molar-refractivity contribution < 1.29 is 5.11 Å². The third kappa shape index (κ3) is 2.10. The lowest BCUT2D eigenvalue weighted by Crippen LogP contribution is -2.53. The minimum Gasteiger partial charge on any atom is -0.393 e. The number of fused-ring (bicyclic) bond motifs is 2. The van der Waals surface area contributed by atoms with Gasteiger partial charge in [-0.2, -0.15) is 0 Å². The van der Waals surface area contributed by atoms with E-state index in [1.165, 1.54) is 12.8 Å². The lowest BCUT2D eigenvalue weighted by molar-refractivity contribution is 0.0263. The molecular weight excluding hydrogens is 176 g/mol. The lowest BCUT2D eigenvalue weighted by atomic mass is 9.96. The molecule has 0 spiro atoms. The molecule has 2 aliphatic heterocycles. The molecule has 2 heterocycles. The first kappa shape index (κ1) is 10.4. The van der Waals surface area contributed by atoms with Gasteiger partial charge in [-0.3, -0.25) is 4.90 Å². The number of rotatable bonds is 2. The third-order valence-corrected chi connectivity index (χ3v) is 3.45. The molecule has 0 aromatic heterocycles. The van der Waals surface area contributed by atoms with Crippen LogP contribution >= 0.6 is 0 Å². The van der Waals surface area contributed by atoms with E-state index in [0.717, 1.165) is 19.4 Å². The fourth-order valence-electron chi connectivity index (χ4n) is 2.97. The molecule has 2 unspecified atom stereocenters. The van der Waals surface area contributed by atoms with Crippen molar-refractivity contribution in [2.24, 2.45) is 5.73 Å². The van der Waals surface area contributed by atoms with Crippen molar-refractivity contribution in [3.63, 3.8) is 0 Å². The Morgan fingerprint density at radius 2 is 1.79 bits per heavy atom. The Bertz CT molecular complexity index is 198. The molecule has 3 N–H and O–H groups in total. The normalized spacial score (nSPS) is 39.0. The van der Waals surface area contributed by atoms with Crippen LogP contribution in [0.5, 0.6) is 0 Å². The van der Waals surface area contributed by atoms with Gasteiger partial charge in [0.05, 0.1) is 6.10 Å². The summed E-state index contributed by atoms with van der Waals surface area (Å²) in [6, 6.07) is 1.18. The van der Waals surface area contributed by atoms with Crippen molar-refractivity contribution in [2.75, 3.05) is 6.54 Å². The summed E-state index contributed by atoms with van der Waals surface area (Å²) in [5.41, 5.74) is 5.94. The second kappa shape index (κ2) is 3.47. The van der Waals surface area contributed by atoms with Crippen LogP contribution in [0.4, 0.5) is 0 Å². The predicted molar refractivity (Wildman–Crippen MR) is 57.0 cm³/mol. The molecule has 82 valence electrons. The topological polar surface area (TPSA) is 49.5 Å². The fourth-order valence-corrected chi connectivity index (χ4v) is 2.97. The van der Waals surface area contributed by atoms with Gasteiger partial charge in [-0.15, -0.1) is 0 Å². The van der Waals surface area contributed by atoms with Crippen LogP contribution in [-0.4, -0.2) is 40.3 Å². The molecular formula is C11H22N2O. The quantitative estimate of drug-likeness (QED) is 0.687. The van der Waals surface area contributed by atoms with E-state index < -0.39 is 0 Å². The van der Waals surface area contributed by atoms with Crippen molar-refractivity contribution in [3.05, 3.63) is 0 Å². The zero-order valence-corrected chi connectivity index (χ0v) is 9.24. The summed E-state index contributed by atoms with van der Waals surface area (Å²) in [5.74, 6) is 0. The van der Waals surface area contributed by atoms with Crippen molar-refractivity contribution in [2.45, 2.75) is 63.3 Å². The zero-order chi connectivity index (χ0) is 10.3. The van der Waals surface area contributed by atoms with Gasteiger partial charge >= 0.3 is 0 Å². The van der Waals surface area contributed by atoms with Crippen LogP contribution < -0.4 is 5.73 Å². The van der Waals surface area contributed by atoms with Crippen LogP contribution in [0.3, 0.4) is 0 Å². The Morgan fingerprint density at radius 1 is 1.29 bits per heavy atom. The largest absolute Gasteiger partial charge is 0.393 e. The summed E-state index contributed by atoms with van der Waals surface area (Å²) in [4.78, 5) is 2.52. The molecule has 3 nitrogen and oxygen atoms in total. The maximum absolute atomic E-state index is 9.65. The molecule has 2 aliphatic rings. The van der Waals surface area contributed by atoms with E-state index >= 15 is 0 Å². The monoisotopic (exact) mass is 198 g/mol. The van der Waals surface area contributed by atoms with Gasteiger partial charge in [0.1, 0.15) is 0 Å². The second-order valence-corrected chi connectivity index (χ2v) is 5.67. The molecule has 2 atom stereocenters. The highest BCUT2D eigenvalue weighted by Gasteiger charge is 2.41. The Labute approximate surface area is 86.3 Å². The van der Waals surface area contributed by atoms with Gasteiger partial charge in [-0.1, -0.05) is 0 Å². The van der Waals surface area contributed by atoms with E-state index in [9.17, 15) is 5.11 Å². The maximum Gasteiger partial charge on any atom is 0.0570 e. The first-order valence-electron chi connectivity index (χ1n) is 5.68. The van der Waals surface area contributed by atoms with Crippen molar-refractivity contribution >= 4 is 0 Å². The number of hydrogen-bond donors (Lipinski definition) is 2. The standard InChI is InChI=1S/C11H22N2O/c1-11(2,12)7-13-8-3-4-9(13)6-10(14)5-8/h8-10,14H,3-7,12H2,1-2H3. The van der Waals surface area contributed by atoms with E-state index in [0.29, 0.717) is 12.1 Å². The Kier molecular flexibility index (Phi) is 2.58. The molecule has 2 saturated heterocycles. The molecule has 0 saturated carbocycles. The Hall–Kier alpha value is -0.120. The molecule has 0 aromatic carbocycles. The van der Waals surface area contributed by atoms with Gasteiger partial charge in [0.2, 0.25) is 0 Å². The summed E-state index contributed by atoms with van der Waals surface area (Å²) in [7, 11) is 0. The molecule has 2 bridgehead atoms. The van der Waals surface area contributed by atoms with Crippen LogP contribution in [0.25, 0.3) is 0 Å². The number of nitrogens with two attached hydrogens (primary N) is 1. The average Bonchev–Trinajstić information content (AvgIpc) is 2.31. The molecule has 0 radical (unpaired) electrons. The highest BCUT2D eigenvalue weighted by molar-refractivity contribution is 4.97. The number of nitrogens with zero attached hydrogens (tertiary/aromatic N) is 1. The Morgan fingerprint density at radius 3 is 2.21 bits per heavy atom. The Balaban J connectivity index is 2.01. The van der Waals surface area contributed by atoms with Gasteiger partial charge in [-0.05, 0) is 39.5 Å².